The lowest BCUT2D eigenvalue weighted by Crippen LogP contribution is -2.47. The molecule has 1 fully saturated rings. The molecule has 24 heavy (non-hydrogen) atoms. The van der Waals surface area contributed by atoms with E-state index in [0.717, 1.165) is 5.69 Å². The fourth-order valence-electron chi connectivity index (χ4n) is 3.51. The molecule has 1 aliphatic heterocycles. The highest BCUT2D eigenvalue weighted by Crippen LogP contribution is 2.44. The minimum absolute atomic E-state index is 0.123. The van der Waals surface area contributed by atoms with Crippen LogP contribution in [0.3, 0.4) is 0 Å². The van der Waals surface area contributed by atoms with Crippen LogP contribution >= 0.6 is 0 Å². The minimum atomic E-state index is -0.518. The van der Waals surface area contributed by atoms with E-state index in [4.69, 9.17) is 4.74 Å². The van der Waals surface area contributed by atoms with Crippen molar-refractivity contribution in [2.45, 2.75) is 52.2 Å². The number of Topliss-reactive ketones (excluding diaryl/α,β-unsaturated/α-hetero) is 1. The number of ether oxygens (including phenoxy) is 1. The molecule has 1 aromatic heterocycles. The molecule has 0 radical (unpaired) electrons. The molecule has 1 N–H and O–H groups in total. The molecule has 6 heteroatoms. The molecule has 0 aromatic carbocycles. The molecule has 2 heterocycles. The number of fused-ring (bicyclic) bond motifs is 1. The number of aliphatic hydroxyl groups is 1. The number of rotatable bonds is 1. The van der Waals surface area contributed by atoms with Crippen molar-refractivity contribution in [3.8, 4) is 0 Å². The van der Waals surface area contributed by atoms with E-state index in [0.29, 0.717) is 43.6 Å². The van der Waals surface area contributed by atoms with Gasteiger partial charge in [0, 0.05) is 30.5 Å². The lowest BCUT2D eigenvalue weighted by molar-refractivity contribution is 0.0113. The van der Waals surface area contributed by atoms with Crippen LogP contribution < -0.4 is 0 Å². The van der Waals surface area contributed by atoms with Crippen molar-refractivity contribution < 1.29 is 19.4 Å². The highest BCUT2D eigenvalue weighted by atomic mass is 16.6. The maximum atomic E-state index is 12.8. The van der Waals surface area contributed by atoms with Crippen molar-refractivity contribution in [3.05, 3.63) is 29.1 Å². The van der Waals surface area contributed by atoms with Crippen molar-refractivity contribution >= 4 is 11.9 Å². The molecular weight excluding hydrogens is 308 g/mol. The van der Waals surface area contributed by atoms with Crippen LogP contribution in [-0.4, -0.2) is 45.6 Å². The first-order valence-electron chi connectivity index (χ1n) is 8.36. The van der Waals surface area contributed by atoms with E-state index in [-0.39, 0.29) is 18.5 Å². The second kappa shape index (κ2) is 5.84. The highest BCUT2D eigenvalue weighted by molar-refractivity contribution is 6.04. The van der Waals surface area contributed by atoms with Crippen LogP contribution in [0, 0.1) is 5.41 Å². The van der Waals surface area contributed by atoms with Gasteiger partial charge in [0.15, 0.2) is 5.78 Å². The van der Waals surface area contributed by atoms with E-state index in [1.807, 2.05) is 20.8 Å². The van der Waals surface area contributed by atoms with Crippen LogP contribution in [0.4, 0.5) is 4.79 Å². The smallest absolute Gasteiger partial charge is 0.410 e. The number of hydrogen-bond acceptors (Lipinski definition) is 5. The van der Waals surface area contributed by atoms with Gasteiger partial charge in [-0.15, -0.1) is 0 Å². The van der Waals surface area contributed by atoms with Gasteiger partial charge in [-0.2, -0.15) is 0 Å². The van der Waals surface area contributed by atoms with E-state index in [9.17, 15) is 14.7 Å². The summed E-state index contributed by atoms with van der Waals surface area (Å²) in [4.78, 5) is 31.1. The molecule has 1 aromatic rings. The number of aromatic nitrogens is 1. The molecule has 1 aliphatic carbocycles. The van der Waals surface area contributed by atoms with E-state index in [1.54, 1.807) is 17.0 Å². The summed E-state index contributed by atoms with van der Waals surface area (Å²) >= 11 is 0. The van der Waals surface area contributed by atoms with E-state index < -0.39 is 11.0 Å². The number of ketones is 1. The van der Waals surface area contributed by atoms with Gasteiger partial charge in [0.05, 0.1) is 18.0 Å². The number of amides is 1. The van der Waals surface area contributed by atoms with Crippen LogP contribution in [-0.2, 0) is 17.8 Å². The van der Waals surface area contributed by atoms with Crippen LogP contribution in [0.15, 0.2) is 12.1 Å². The topological polar surface area (TPSA) is 79.7 Å². The first-order valence-corrected chi connectivity index (χ1v) is 8.36. The third-order valence-electron chi connectivity index (χ3n) is 4.80. The van der Waals surface area contributed by atoms with Gasteiger partial charge in [0.2, 0.25) is 0 Å². The zero-order valence-electron chi connectivity index (χ0n) is 14.5. The molecule has 0 atom stereocenters. The molecule has 0 bridgehead atoms. The Labute approximate surface area is 141 Å². The standard InChI is InChI=1S/C18H24N2O4/c1-17(2,3)24-16(23)20-8-6-18(7-9-20)10-14-13(15(18)22)5-4-12(11-21)19-14/h4-5,21H,6-11H2,1-3H3. The number of nitrogens with zero attached hydrogens (tertiary/aromatic N) is 2. The zero-order valence-corrected chi connectivity index (χ0v) is 14.5. The Bertz CT molecular complexity index is 670. The SMILES string of the molecule is CC(C)(C)OC(=O)N1CCC2(CC1)Cc1nc(CO)ccc1C2=O. The summed E-state index contributed by atoms with van der Waals surface area (Å²) in [5.41, 5.74) is 1.05. The summed E-state index contributed by atoms with van der Waals surface area (Å²) in [5, 5.41) is 9.22. The quantitative estimate of drug-likeness (QED) is 0.854. The molecule has 130 valence electrons. The van der Waals surface area contributed by atoms with Crippen molar-refractivity contribution in [1.82, 2.24) is 9.88 Å². The Hall–Kier alpha value is -1.95. The van der Waals surface area contributed by atoms with Crippen molar-refractivity contribution in [3.63, 3.8) is 0 Å². The molecule has 0 unspecified atom stereocenters. The number of piperidine rings is 1. The Morgan fingerprint density at radius 3 is 2.58 bits per heavy atom. The maximum absolute atomic E-state index is 12.8. The zero-order chi connectivity index (χ0) is 17.5. The van der Waals surface area contributed by atoms with Gasteiger partial charge in [-0.3, -0.25) is 9.78 Å². The van der Waals surface area contributed by atoms with E-state index in [2.05, 4.69) is 4.98 Å². The average Bonchev–Trinajstić information content (AvgIpc) is 2.78. The van der Waals surface area contributed by atoms with E-state index in [1.165, 1.54) is 0 Å². The van der Waals surface area contributed by atoms with Crippen LogP contribution in [0.25, 0.3) is 0 Å². The number of likely N-dealkylation sites (tertiary alicyclic amines) is 1. The highest BCUT2D eigenvalue weighted by Gasteiger charge is 2.48. The average molecular weight is 332 g/mol. The van der Waals surface area contributed by atoms with Gasteiger partial charge < -0.3 is 14.7 Å². The molecule has 3 rings (SSSR count). The van der Waals surface area contributed by atoms with Gasteiger partial charge in [0.25, 0.3) is 0 Å². The van der Waals surface area contributed by atoms with Gasteiger partial charge in [-0.25, -0.2) is 4.79 Å². The summed E-state index contributed by atoms with van der Waals surface area (Å²) in [5.74, 6) is 0.123. The van der Waals surface area contributed by atoms with Crippen LogP contribution in [0.5, 0.6) is 0 Å². The lowest BCUT2D eigenvalue weighted by Gasteiger charge is -2.38. The van der Waals surface area contributed by atoms with Crippen LogP contribution in [0.2, 0.25) is 0 Å². The molecule has 1 amide bonds. The summed E-state index contributed by atoms with van der Waals surface area (Å²) in [7, 11) is 0. The van der Waals surface area contributed by atoms with Crippen LogP contribution in [0.1, 0.15) is 55.4 Å². The van der Waals surface area contributed by atoms with Gasteiger partial charge in [-0.1, -0.05) is 0 Å². The predicted octanol–water partition coefficient (Wildman–Crippen LogP) is 2.33. The molecule has 6 nitrogen and oxygen atoms in total. The first kappa shape index (κ1) is 16.9. The molecular formula is C18H24N2O4. The summed E-state index contributed by atoms with van der Waals surface area (Å²) < 4.78 is 5.41. The number of aliphatic hydroxyl groups excluding tert-OH is 1. The Morgan fingerprint density at radius 1 is 1.33 bits per heavy atom. The van der Waals surface area contributed by atoms with Crippen molar-refractivity contribution in [1.29, 1.82) is 0 Å². The minimum Gasteiger partial charge on any atom is -0.444 e. The molecule has 1 saturated heterocycles. The molecule has 1 spiro atoms. The fraction of sp³-hybridized carbons (Fsp3) is 0.611. The van der Waals surface area contributed by atoms with Gasteiger partial charge >= 0.3 is 6.09 Å². The monoisotopic (exact) mass is 332 g/mol. The fourth-order valence-corrected chi connectivity index (χ4v) is 3.51. The van der Waals surface area contributed by atoms with Gasteiger partial charge in [0.1, 0.15) is 5.60 Å². The summed E-state index contributed by atoms with van der Waals surface area (Å²) in [6.07, 6.45) is 1.52. The number of hydrogen-bond donors (Lipinski definition) is 1. The Morgan fingerprint density at radius 2 is 2.00 bits per heavy atom. The van der Waals surface area contributed by atoms with Crippen molar-refractivity contribution in [2.24, 2.45) is 5.41 Å². The third-order valence-corrected chi connectivity index (χ3v) is 4.80. The summed E-state index contributed by atoms with van der Waals surface area (Å²) in [6, 6.07) is 3.47. The predicted molar refractivity (Wildman–Crippen MR) is 87.7 cm³/mol. The normalized spacial score (nSPS) is 19.5. The third kappa shape index (κ3) is 3.02. The second-order valence-electron chi connectivity index (χ2n) is 7.71. The van der Waals surface area contributed by atoms with E-state index >= 15 is 0 Å². The Balaban J connectivity index is 1.70. The number of carbonyl (C=O) groups excluding carboxylic acids is 2. The lowest BCUT2D eigenvalue weighted by atomic mass is 9.75. The largest absolute Gasteiger partial charge is 0.444 e. The second-order valence-corrected chi connectivity index (χ2v) is 7.71. The number of pyridine rings is 1. The Kier molecular flexibility index (Phi) is 4.11. The molecule has 0 saturated carbocycles. The van der Waals surface area contributed by atoms with Crippen molar-refractivity contribution in [2.75, 3.05) is 13.1 Å². The first-order chi connectivity index (χ1) is 11.2. The molecule has 2 aliphatic rings. The van der Waals surface area contributed by atoms with Gasteiger partial charge in [-0.05, 0) is 45.7 Å². The number of carbonyl (C=O) groups is 2. The maximum Gasteiger partial charge on any atom is 0.410 e. The summed E-state index contributed by atoms with van der Waals surface area (Å²) in [6.45, 7) is 6.44.